The Kier molecular flexibility index (Phi) is 6.89. The van der Waals surface area contributed by atoms with Gasteiger partial charge in [-0.1, -0.05) is 18.4 Å². The maximum absolute atomic E-state index is 12.4. The molecule has 1 aliphatic heterocycles. The van der Waals surface area contributed by atoms with Crippen LogP contribution in [0, 0.1) is 23.2 Å². The van der Waals surface area contributed by atoms with E-state index in [2.05, 4.69) is 6.07 Å². The number of hydrogen-bond donors (Lipinski definition) is 1. The Morgan fingerprint density at radius 1 is 1.03 bits per heavy atom. The Morgan fingerprint density at radius 2 is 1.62 bits per heavy atom. The summed E-state index contributed by atoms with van der Waals surface area (Å²) in [5, 5.41) is 9.09. The van der Waals surface area contributed by atoms with E-state index in [9.17, 15) is 14.4 Å². The number of carbonyl (C=O) groups is 3. The van der Waals surface area contributed by atoms with Crippen LogP contribution in [-0.4, -0.2) is 40.5 Å². The molecule has 158 valence electrons. The number of ketones is 2. The van der Waals surface area contributed by atoms with Crippen molar-refractivity contribution in [1.29, 1.82) is 5.26 Å². The minimum Gasteiger partial charge on any atom is -0.322 e. The average molecular weight is 400 g/mol. The molecule has 6 heteroatoms. The smallest absolute Gasteiger partial charge is 0.241 e. The van der Waals surface area contributed by atoms with E-state index < -0.39 is 0 Å². The maximum atomic E-state index is 12.4. The predicted molar refractivity (Wildman–Crippen MR) is 110 cm³/mol. The zero-order valence-corrected chi connectivity index (χ0v) is 17.7. The molecule has 6 nitrogen and oxygen atoms in total. The lowest BCUT2D eigenvalue weighted by Gasteiger charge is -2.28. The average Bonchev–Trinajstić information content (AvgIpc) is 3.14. The van der Waals surface area contributed by atoms with Gasteiger partial charge in [-0.3, -0.25) is 14.4 Å². The summed E-state index contributed by atoms with van der Waals surface area (Å²) in [6.45, 7) is 2.95. The molecule has 0 radical (unpaired) electrons. The number of piperidine rings is 1. The summed E-state index contributed by atoms with van der Waals surface area (Å²) >= 11 is 0. The first-order chi connectivity index (χ1) is 13.8. The van der Waals surface area contributed by atoms with Crippen LogP contribution < -0.4 is 5.73 Å². The molecule has 0 aromatic heterocycles. The Hall–Kier alpha value is -2.00. The zero-order chi connectivity index (χ0) is 21.1. The second-order valence-electron chi connectivity index (χ2n) is 9.06. The molecule has 1 amide bonds. The molecular formula is C23H33N3O3. The quantitative estimate of drug-likeness (QED) is 0.444. The molecule has 0 bridgehead atoms. The van der Waals surface area contributed by atoms with Crippen LogP contribution in [0.2, 0.25) is 0 Å². The lowest BCUT2D eigenvalue weighted by Crippen LogP contribution is -2.50. The number of hydrogen-bond acceptors (Lipinski definition) is 5. The molecule has 29 heavy (non-hydrogen) atoms. The van der Waals surface area contributed by atoms with E-state index in [-0.39, 0.29) is 29.6 Å². The number of rotatable bonds is 4. The maximum Gasteiger partial charge on any atom is 0.241 e. The minimum atomic E-state index is -0.368. The van der Waals surface area contributed by atoms with Crippen LogP contribution in [-0.2, 0) is 14.4 Å². The highest BCUT2D eigenvalue weighted by atomic mass is 16.2. The number of Topliss-reactive ketones (excluding diaryl/α,β-unsaturated/α-hetero) is 2. The highest BCUT2D eigenvalue weighted by Crippen LogP contribution is 2.48. The normalized spacial score (nSPS) is 28.8. The van der Waals surface area contributed by atoms with Crippen LogP contribution in [0.15, 0.2) is 11.1 Å². The topological polar surface area (TPSA) is 104 Å². The zero-order valence-electron chi connectivity index (χ0n) is 17.7. The molecule has 4 aliphatic rings. The fourth-order valence-electron chi connectivity index (χ4n) is 5.38. The first kappa shape index (κ1) is 21.7. The van der Waals surface area contributed by atoms with E-state index in [0.717, 1.165) is 56.9 Å². The monoisotopic (exact) mass is 399 g/mol. The first-order valence-electron chi connectivity index (χ1n) is 11.1. The summed E-state index contributed by atoms with van der Waals surface area (Å²) in [5.41, 5.74) is 7.64. The summed E-state index contributed by atoms with van der Waals surface area (Å²) in [5.74, 6) is 0.825. The number of fused-ring (bicyclic) bond motifs is 1. The van der Waals surface area contributed by atoms with Crippen molar-refractivity contribution in [2.75, 3.05) is 0 Å². The number of likely N-dealkylation sites (tertiary alicyclic amines) is 1. The summed E-state index contributed by atoms with van der Waals surface area (Å²) in [6.07, 6.45) is 10.6. The molecule has 4 atom stereocenters. The third kappa shape index (κ3) is 4.78. The van der Waals surface area contributed by atoms with Gasteiger partial charge in [0.1, 0.15) is 6.04 Å². The second-order valence-corrected chi connectivity index (χ2v) is 9.06. The number of amides is 1. The van der Waals surface area contributed by atoms with Gasteiger partial charge in [-0.2, -0.15) is 5.26 Å². The summed E-state index contributed by atoms with van der Waals surface area (Å²) < 4.78 is 0. The lowest BCUT2D eigenvalue weighted by atomic mass is 9.97. The van der Waals surface area contributed by atoms with E-state index >= 15 is 0 Å². The highest BCUT2D eigenvalue weighted by molar-refractivity contribution is 6.19. The van der Waals surface area contributed by atoms with Gasteiger partial charge < -0.3 is 10.6 Å². The number of carbonyl (C=O) groups excluding carboxylic acids is 3. The van der Waals surface area contributed by atoms with Crippen molar-refractivity contribution < 1.29 is 14.4 Å². The molecule has 3 saturated carbocycles. The molecule has 2 N–H and O–H groups in total. The molecule has 1 saturated heterocycles. The van der Waals surface area contributed by atoms with E-state index in [4.69, 9.17) is 11.0 Å². The van der Waals surface area contributed by atoms with Gasteiger partial charge in [0.2, 0.25) is 5.91 Å². The van der Waals surface area contributed by atoms with Crippen molar-refractivity contribution in [3.8, 4) is 6.07 Å². The minimum absolute atomic E-state index is 0.0356. The van der Waals surface area contributed by atoms with Crippen molar-refractivity contribution in [3.63, 3.8) is 0 Å². The Bertz CT molecular complexity index is 721. The predicted octanol–water partition coefficient (Wildman–Crippen LogP) is 3.05. The molecule has 2 unspecified atom stereocenters. The van der Waals surface area contributed by atoms with Gasteiger partial charge in [-0.25, -0.2) is 0 Å². The van der Waals surface area contributed by atoms with Gasteiger partial charge in [0.25, 0.3) is 0 Å². The molecule has 0 spiro atoms. The largest absolute Gasteiger partial charge is 0.322 e. The molecule has 0 aromatic carbocycles. The molecule has 0 aromatic rings. The van der Waals surface area contributed by atoms with Crippen molar-refractivity contribution in [3.05, 3.63) is 11.1 Å². The lowest BCUT2D eigenvalue weighted by molar-refractivity contribution is -0.134. The number of nitrogens with zero attached hydrogens (tertiary/aromatic N) is 2. The van der Waals surface area contributed by atoms with Gasteiger partial charge >= 0.3 is 0 Å². The highest BCUT2D eigenvalue weighted by Gasteiger charge is 2.55. The second kappa shape index (κ2) is 9.21. The fourth-order valence-corrected chi connectivity index (χ4v) is 5.38. The SMILES string of the molecule is CC(=O)C(C(C)=O)=C1CCCC1.N#CC1C[C@@H]2C[C@@H]2N1C(=O)C(N)C1CCCC1. The van der Waals surface area contributed by atoms with Crippen LogP contribution in [0.1, 0.15) is 78.1 Å². The fraction of sp³-hybridized carbons (Fsp3) is 0.739. The van der Waals surface area contributed by atoms with Gasteiger partial charge in [0.15, 0.2) is 11.6 Å². The van der Waals surface area contributed by atoms with Crippen LogP contribution in [0.5, 0.6) is 0 Å². The third-order valence-electron chi connectivity index (χ3n) is 6.97. The Labute approximate surface area is 173 Å². The number of nitrogens with two attached hydrogens (primary N) is 1. The van der Waals surface area contributed by atoms with Gasteiger partial charge in [0.05, 0.1) is 17.7 Å². The van der Waals surface area contributed by atoms with Crippen molar-refractivity contribution in [1.82, 2.24) is 4.90 Å². The molecule has 3 aliphatic carbocycles. The van der Waals surface area contributed by atoms with Gasteiger partial charge in [0, 0.05) is 6.04 Å². The van der Waals surface area contributed by atoms with Crippen LogP contribution in [0.4, 0.5) is 0 Å². The van der Waals surface area contributed by atoms with Gasteiger partial charge in [-0.15, -0.1) is 0 Å². The molecule has 1 heterocycles. The standard InChI is InChI=1S/C13H19N3O.C10H14O2/c14-7-10-5-9-6-11(9)16(10)13(17)12(15)8-3-1-2-4-8;1-7(11)10(8(2)12)9-5-3-4-6-9/h8-12H,1-6,15H2;3-6H2,1-2H3/t9-,10?,11+,12?;/m1./s1. The van der Waals surface area contributed by atoms with Crippen LogP contribution in [0.25, 0.3) is 0 Å². The van der Waals surface area contributed by atoms with E-state index in [1.54, 1.807) is 4.90 Å². The van der Waals surface area contributed by atoms with Crippen LogP contribution >= 0.6 is 0 Å². The summed E-state index contributed by atoms with van der Waals surface area (Å²) in [4.78, 5) is 36.4. The van der Waals surface area contributed by atoms with E-state index in [1.807, 2.05) is 0 Å². The Balaban J connectivity index is 0.000000177. The Morgan fingerprint density at radius 3 is 2.14 bits per heavy atom. The molecular weight excluding hydrogens is 366 g/mol. The first-order valence-corrected chi connectivity index (χ1v) is 11.1. The van der Waals surface area contributed by atoms with Crippen molar-refractivity contribution >= 4 is 17.5 Å². The molecule has 4 rings (SSSR count). The number of allylic oxidation sites excluding steroid dienone is 2. The van der Waals surface area contributed by atoms with E-state index in [0.29, 0.717) is 23.5 Å². The van der Waals surface area contributed by atoms with Gasteiger partial charge in [-0.05, 0) is 77.0 Å². The summed E-state index contributed by atoms with van der Waals surface area (Å²) in [6, 6.07) is 2.01. The van der Waals surface area contributed by atoms with Crippen molar-refractivity contribution in [2.24, 2.45) is 17.6 Å². The summed E-state index contributed by atoms with van der Waals surface area (Å²) in [7, 11) is 0. The third-order valence-corrected chi connectivity index (χ3v) is 6.97. The van der Waals surface area contributed by atoms with E-state index in [1.165, 1.54) is 26.7 Å². The van der Waals surface area contributed by atoms with Crippen LogP contribution in [0.3, 0.4) is 0 Å². The van der Waals surface area contributed by atoms with Crippen molar-refractivity contribution in [2.45, 2.75) is 96.2 Å². The number of nitriles is 1. The molecule has 4 fully saturated rings.